The van der Waals surface area contributed by atoms with Crippen molar-refractivity contribution in [3.8, 4) is 23.0 Å². The summed E-state index contributed by atoms with van der Waals surface area (Å²) in [5, 5.41) is 0. The van der Waals surface area contributed by atoms with Crippen molar-refractivity contribution in [2.45, 2.75) is 0 Å². The molecule has 6 heteroatoms. The summed E-state index contributed by atoms with van der Waals surface area (Å²) < 4.78 is 20.8. The number of hydrogen-bond donors (Lipinski definition) is 0. The minimum atomic E-state index is -0.663. The van der Waals surface area contributed by atoms with Gasteiger partial charge in [-0.3, -0.25) is 4.79 Å². The molecule has 0 atom stereocenters. The van der Waals surface area contributed by atoms with E-state index < -0.39 is 5.97 Å². The molecule has 2 rings (SSSR count). The molecule has 0 radical (unpaired) electrons. The molecule has 0 unspecified atom stereocenters. The first kappa shape index (κ1) is 16.4. The fourth-order valence-electron chi connectivity index (χ4n) is 1.91. The van der Waals surface area contributed by atoms with E-state index in [1.807, 2.05) is 0 Å². The van der Waals surface area contributed by atoms with Gasteiger partial charge in [0.05, 0.1) is 19.8 Å². The minimum Gasteiger partial charge on any atom is -0.493 e. The monoisotopic (exact) mass is 316 g/mol. The van der Waals surface area contributed by atoms with Crippen molar-refractivity contribution in [1.82, 2.24) is 0 Å². The van der Waals surface area contributed by atoms with E-state index in [4.69, 9.17) is 18.9 Å². The number of benzene rings is 2. The number of methoxy groups -OCH3 is 2. The average Bonchev–Trinajstić information content (AvgIpc) is 2.60. The van der Waals surface area contributed by atoms with Crippen molar-refractivity contribution in [3.63, 3.8) is 0 Å². The number of rotatable bonds is 7. The smallest absolute Gasteiger partial charge is 0.349 e. The van der Waals surface area contributed by atoms with Crippen molar-refractivity contribution in [1.29, 1.82) is 0 Å². The first-order valence-corrected chi connectivity index (χ1v) is 6.78. The van der Waals surface area contributed by atoms with E-state index in [1.165, 1.54) is 20.3 Å². The van der Waals surface area contributed by atoms with Gasteiger partial charge in [-0.05, 0) is 24.3 Å². The SMILES string of the molecule is COc1ccccc1OCC(=O)Oc1c(C=O)cccc1OC. The third-order valence-corrected chi connectivity index (χ3v) is 2.99. The fourth-order valence-corrected chi connectivity index (χ4v) is 1.91. The van der Waals surface area contributed by atoms with Crippen molar-refractivity contribution >= 4 is 12.3 Å². The molecule has 0 heterocycles. The van der Waals surface area contributed by atoms with Crippen LogP contribution < -0.4 is 18.9 Å². The minimum absolute atomic E-state index is 0.0682. The summed E-state index contributed by atoms with van der Waals surface area (Å²) in [7, 11) is 2.93. The quantitative estimate of drug-likeness (QED) is 0.444. The first-order chi connectivity index (χ1) is 11.2. The molecule has 0 aromatic heterocycles. The fraction of sp³-hybridized carbons (Fsp3) is 0.176. The van der Waals surface area contributed by atoms with Gasteiger partial charge in [0.25, 0.3) is 0 Å². The molecule has 0 amide bonds. The summed E-state index contributed by atoms with van der Waals surface area (Å²) in [4.78, 5) is 23.0. The Morgan fingerprint density at radius 2 is 1.61 bits per heavy atom. The van der Waals surface area contributed by atoms with E-state index in [0.717, 1.165) is 0 Å². The Bertz CT molecular complexity index is 695. The van der Waals surface area contributed by atoms with Gasteiger partial charge in [-0.1, -0.05) is 18.2 Å². The highest BCUT2D eigenvalue weighted by molar-refractivity contribution is 5.84. The zero-order valence-corrected chi connectivity index (χ0v) is 12.8. The Labute approximate surface area is 133 Å². The van der Waals surface area contributed by atoms with E-state index in [-0.39, 0.29) is 17.9 Å². The predicted molar refractivity (Wildman–Crippen MR) is 82.5 cm³/mol. The van der Waals surface area contributed by atoms with E-state index in [9.17, 15) is 9.59 Å². The van der Waals surface area contributed by atoms with E-state index in [2.05, 4.69) is 0 Å². The molecule has 23 heavy (non-hydrogen) atoms. The van der Waals surface area contributed by atoms with Gasteiger partial charge in [0.2, 0.25) is 0 Å². The molecule has 0 bridgehead atoms. The maximum Gasteiger partial charge on any atom is 0.349 e. The van der Waals surface area contributed by atoms with Gasteiger partial charge in [0.1, 0.15) is 0 Å². The molecule has 2 aromatic carbocycles. The van der Waals surface area contributed by atoms with Crippen LogP contribution in [0.1, 0.15) is 10.4 Å². The van der Waals surface area contributed by atoms with Crippen LogP contribution in [0.15, 0.2) is 42.5 Å². The van der Waals surface area contributed by atoms with Crippen LogP contribution in [0, 0.1) is 0 Å². The molecular weight excluding hydrogens is 300 g/mol. The highest BCUT2D eigenvalue weighted by Crippen LogP contribution is 2.30. The van der Waals surface area contributed by atoms with Crippen molar-refractivity contribution in [3.05, 3.63) is 48.0 Å². The molecule has 0 N–H and O–H groups in total. The van der Waals surface area contributed by atoms with E-state index in [1.54, 1.807) is 36.4 Å². The lowest BCUT2D eigenvalue weighted by Crippen LogP contribution is -2.19. The second-order valence-electron chi connectivity index (χ2n) is 4.41. The lowest BCUT2D eigenvalue weighted by atomic mass is 10.2. The maximum absolute atomic E-state index is 12.0. The molecule has 120 valence electrons. The van der Waals surface area contributed by atoms with Gasteiger partial charge in [-0.25, -0.2) is 4.79 Å². The first-order valence-electron chi connectivity index (χ1n) is 6.78. The van der Waals surface area contributed by atoms with Crippen LogP contribution in [-0.2, 0) is 4.79 Å². The number of ether oxygens (including phenoxy) is 4. The molecule has 0 saturated carbocycles. The van der Waals surface area contributed by atoms with Crippen molar-refractivity contribution < 1.29 is 28.5 Å². The van der Waals surface area contributed by atoms with Crippen LogP contribution in [0.2, 0.25) is 0 Å². The van der Waals surface area contributed by atoms with Crippen LogP contribution in [-0.4, -0.2) is 33.1 Å². The largest absolute Gasteiger partial charge is 0.493 e. The Hall–Kier alpha value is -3.02. The summed E-state index contributed by atoms with van der Waals surface area (Å²) in [5.74, 6) is 0.621. The summed E-state index contributed by atoms with van der Waals surface area (Å²) in [6.45, 7) is -0.337. The van der Waals surface area contributed by atoms with Crippen molar-refractivity contribution in [2.75, 3.05) is 20.8 Å². The molecule has 0 fully saturated rings. The second-order valence-corrected chi connectivity index (χ2v) is 4.41. The molecular formula is C17H16O6. The van der Waals surface area contributed by atoms with Crippen LogP contribution in [0.4, 0.5) is 0 Å². The Morgan fingerprint density at radius 3 is 2.26 bits per heavy atom. The maximum atomic E-state index is 12.0. The third-order valence-electron chi connectivity index (χ3n) is 2.99. The molecule has 2 aromatic rings. The zero-order valence-electron chi connectivity index (χ0n) is 12.8. The number of para-hydroxylation sites is 3. The summed E-state index contributed by atoms with van der Waals surface area (Å²) in [6.07, 6.45) is 0.589. The van der Waals surface area contributed by atoms with Gasteiger partial charge in [0.15, 0.2) is 35.9 Å². The van der Waals surface area contributed by atoms with E-state index >= 15 is 0 Å². The number of esters is 1. The highest BCUT2D eigenvalue weighted by atomic mass is 16.6. The third kappa shape index (κ3) is 4.00. The van der Waals surface area contributed by atoms with Crippen LogP contribution in [0.3, 0.4) is 0 Å². The van der Waals surface area contributed by atoms with E-state index in [0.29, 0.717) is 23.5 Å². The number of carbonyl (C=O) groups is 2. The molecule has 0 aliphatic rings. The summed E-state index contributed by atoms with van der Waals surface area (Å²) >= 11 is 0. The molecule has 0 aliphatic heterocycles. The second kappa shape index (κ2) is 7.84. The van der Waals surface area contributed by atoms with Gasteiger partial charge >= 0.3 is 5.97 Å². The van der Waals surface area contributed by atoms with Crippen LogP contribution >= 0.6 is 0 Å². The topological polar surface area (TPSA) is 71.1 Å². The summed E-state index contributed by atoms with van der Waals surface area (Å²) in [5.41, 5.74) is 0.218. The van der Waals surface area contributed by atoms with Gasteiger partial charge in [-0.2, -0.15) is 0 Å². The number of aldehydes is 1. The molecule has 0 saturated heterocycles. The van der Waals surface area contributed by atoms with Crippen LogP contribution in [0.5, 0.6) is 23.0 Å². The normalized spacial score (nSPS) is 9.83. The Morgan fingerprint density at radius 1 is 0.957 bits per heavy atom. The average molecular weight is 316 g/mol. The Kier molecular flexibility index (Phi) is 5.57. The van der Waals surface area contributed by atoms with Gasteiger partial charge < -0.3 is 18.9 Å². The highest BCUT2D eigenvalue weighted by Gasteiger charge is 2.15. The standard InChI is InChI=1S/C17H16O6/c1-20-13-7-3-4-8-14(13)22-11-16(19)23-17-12(10-18)6-5-9-15(17)21-2/h3-10H,11H2,1-2H3. The molecule has 0 spiro atoms. The van der Waals surface area contributed by atoms with Gasteiger partial charge in [-0.15, -0.1) is 0 Å². The Balaban J connectivity index is 2.07. The van der Waals surface area contributed by atoms with Gasteiger partial charge in [0, 0.05) is 0 Å². The predicted octanol–water partition coefficient (Wildman–Crippen LogP) is 2.50. The number of carbonyl (C=O) groups excluding carboxylic acids is 2. The zero-order chi connectivity index (χ0) is 16.7. The van der Waals surface area contributed by atoms with Crippen molar-refractivity contribution in [2.24, 2.45) is 0 Å². The van der Waals surface area contributed by atoms with Crippen LogP contribution in [0.25, 0.3) is 0 Å². The summed E-state index contributed by atoms with van der Waals surface area (Å²) in [6, 6.07) is 11.7. The number of hydrogen-bond acceptors (Lipinski definition) is 6. The lowest BCUT2D eigenvalue weighted by molar-refractivity contribution is -0.136. The molecule has 6 nitrogen and oxygen atoms in total. The lowest BCUT2D eigenvalue weighted by Gasteiger charge is -2.12. The molecule has 0 aliphatic carbocycles.